The highest BCUT2D eigenvalue weighted by atomic mass is 16.2. The van der Waals surface area contributed by atoms with Crippen molar-refractivity contribution in [1.82, 2.24) is 15.2 Å². The summed E-state index contributed by atoms with van der Waals surface area (Å²) in [6.07, 6.45) is 4.22. The number of hydrogen-bond donors (Lipinski definition) is 2. The van der Waals surface area contributed by atoms with Crippen LogP contribution in [-0.2, 0) is 0 Å². The number of para-hydroxylation sites is 1. The molecule has 1 aromatic heterocycles. The molecule has 0 unspecified atom stereocenters. The third-order valence-electron chi connectivity index (χ3n) is 5.89. The van der Waals surface area contributed by atoms with Gasteiger partial charge in [0.05, 0.1) is 17.2 Å². The van der Waals surface area contributed by atoms with Crippen LogP contribution in [0.5, 0.6) is 0 Å². The van der Waals surface area contributed by atoms with E-state index in [1.807, 2.05) is 48.2 Å². The van der Waals surface area contributed by atoms with E-state index in [9.17, 15) is 9.59 Å². The summed E-state index contributed by atoms with van der Waals surface area (Å²) in [4.78, 5) is 32.0. The number of anilines is 1. The number of nitrogens with one attached hydrogen (secondary N) is 2. The minimum atomic E-state index is -0.581. The number of amides is 2. The topological polar surface area (TPSA) is 74.3 Å². The Hall–Kier alpha value is -2.89. The molecule has 132 valence electrons. The summed E-state index contributed by atoms with van der Waals surface area (Å²) < 4.78 is 0. The predicted octanol–water partition coefficient (Wildman–Crippen LogP) is 2.32. The van der Waals surface area contributed by atoms with Crippen molar-refractivity contribution in [3.63, 3.8) is 0 Å². The molecule has 0 aliphatic carbocycles. The van der Waals surface area contributed by atoms with Gasteiger partial charge in [0.15, 0.2) is 0 Å². The lowest BCUT2D eigenvalue weighted by Crippen LogP contribution is -2.64. The van der Waals surface area contributed by atoms with E-state index in [0.29, 0.717) is 11.1 Å². The van der Waals surface area contributed by atoms with Crippen LogP contribution in [0.15, 0.2) is 42.6 Å². The Balaban J connectivity index is 1.49. The third-order valence-corrected chi connectivity index (χ3v) is 5.89. The minimum Gasteiger partial charge on any atom is -0.360 e. The molecule has 3 aliphatic rings. The zero-order chi connectivity index (χ0) is 17.9. The first kappa shape index (κ1) is 15.4. The van der Waals surface area contributed by atoms with Gasteiger partial charge in [-0.15, -0.1) is 0 Å². The van der Waals surface area contributed by atoms with Crippen molar-refractivity contribution in [2.75, 3.05) is 5.32 Å². The van der Waals surface area contributed by atoms with Gasteiger partial charge in [0, 0.05) is 30.0 Å². The van der Waals surface area contributed by atoms with Crippen LogP contribution in [-0.4, -0.2) is 39.4 Å². The van der Waals surface area contributed by atoms with Gasteiger partial charge in [-0.25, -0.2) is 0 Å². The number of carbonyl (C=O) groups is 2. The Morgan fingerprint density at radius 3 is 2.85 bits per heavy atom. The van der Waals surface area contributed by atoms with Gasteiger partial charge >= 0.3 is 0 Å². The third kappa shape index (κ3) is 2.08. The van der Waals surface area contributed by atoms with E-state index in [2.05, 4.69) is 15.6 Å². The van der Waals surface area contributed by atoms with Crippen LogP contribution >= 0.6 is 0 Å². The summed E-state index contributed by atoms with van der Waals surface area (Å²) in [5.74, 6) is -0.0758. The van der Waals surface area contributed by atoms with Gasteiger partial charge in [0.1, 0.15) is 5.66 Å². The Morgan fingerprint density at radius 2 is 2.04 bits per heavy atom. The van der Waals surface area contributed by atoms with Crippen molar-refractivity contribution < 1.29 is 9.59 Å². The van der Waals surface area contributed by atoms with E-state index in [1.54, 1.807) is 6.20 Å². The van der Waals surface area contributed by atoms with Gasteiger partial charge in [0.25, 0.3) is 11.8 Å². The van der Waals surface area contributed by atoms with Gasteiger partial charge in [0.2, 0.25) is 0 Å². The molecule has 3 aliphatic heterocycles. The first-order valence-corrected chi connectivity index (χ1v) is 9.02. The molecule has 2 bridgehead atoms. The largest absolute Gasteiger partial charge is 0.360 e. The highest BCUT2D eigenvalue weighted by molar-refractivity contribution is 6.02. The zero-order valence-electron chi connectivity index (χ0n) is 14.5. The van der Waals surface area contributed by atoms with Crippen LogP contribution in [0.4, 0.5) is 5.69 Å². The molecular formula is C20H20N4O2. The molecule has 6 nitrogen and oxygen atoms in total. The average molecular weight is 348 g/mol. The summed E-state index contributed by atoms with van der Waals surface area (Å²) in [5.41, 5.74) is 2.41. The van der Waals surface area contributed by atoms with Crippen LogP contribution in [0.25, 0.3) is 0 Å². The number of rotatable bonds is 1. The minimum absolute atomic E-state index is 0.00298. The number of aromatic nitrogens is 1. The maximum Gasteiger partial charge on any atom is 0.256 e. The van der Waals surface area contributed by atoms with Crippen molar-refractivity contribution in [2.45, 2.75) is 43.9 Å². The molecule has 3 atom stereocenters. The molecule has 4 heterocycles. The second kappa shape index (κ2) is 5.30. The van der Waals surface area contributed by atoms with Crippen molar-refractivity contribution in [3.05, 3.63) is 59.4 Å². The Kier molecular flexibility index (Phi) is 3.13. The number of nitrogens with zero attached hydrogens (tertiary/aromatic N) is 2. The van der Waals surface area contributed by atoms with Crippen LogP contribution in [0, 0.1) is 6.92 Å². The highest BCUT2D eigenvalue weighted by Gasteiger charge is 2.59. The Labute approximate surface area is 151 Å². The summed E-state index contributed by atoms with van der Waals surface area (Å²) in [6.45, 7) is 1.90. The summed E-state index contributed by atoms with van der Waals surface area (Å²) in [5, 5.41) is 6.70. The second-order valence-electron chi connectivity index (χ2n) is 7.45. The molecule has 2 amide bonds. The molecule has 0 saturated carbocycles. The van der Waals surface area contributed by atoms with E-state index >= 15 is 0 Å². The number of carbonyl (C=O) groups excluding carboxylic acids is 2. The van der Waals surface area contributed by atoms with Gasteiger partial charge in [-0.2, -0.15) is 0 Å². The monoisotopic (exact) mass is 348 g/mol. The number of aryl methyl sites for hydroxylation is 1. The van der Waals surface area contributed by atoms with Gasteiger partial charge in [-0.3, -0.25) is 14.6 Å². The summed E-state index contributed by atoms with van der Waals surface area (Å²) in [6, 6.07) is 11.3. The molecular weight excluding hydrogens is 328 g/mol. The van der Waals surface area contributed by atoms with Crippen LogP contribution in [0.2, 0.25) is 0 Å². The molecule has 1 aromatic carbocycles. The molecule has 2 fully saturated rings. The van der Waals surface area contributed by atoms with Crippen molar-refractivity contribution >= 4 is 17.5 Å². The molecule has 26 heavy (non-hydrogen) atoms. The number of benzene rings is 1. The number of fused-ring (bicyclic) bond motifs is 4. The maximum absolute atomic E-state index is 13.1. The quantitative estimate of drug-likeness (QED) is 0.829. The SMILES string of the molecule is Cc1ccc(C(=O)N2[C@H]3CC[C@H]2[C@]2(C3)NC(=O)c3ccccc3N2)cn1. The second-order valence-corrected chi connectivity index (χ2v) is 7.45. The summed E-state index contributed by atoms with van der Waals surface area (Å²) >= 11 is 0. The van der Waals surface area contributed by atoms with Gasteiger partial charge in [-0.1, -0.05) is 12.1 Å². The Morgan fingerprint density at radius 1 is 1.19 bits per heavy atom. The zero-order valence-corrected chi connectivity index (χ0v) is 14.5. The smallest absolute Gasteiger partial charge is 0.256 e. The van der Waals surface area contributed by atoms with Crippen molar-refractivity contribution in [2.24, 2.45) is 0 Å². The molecule has 2 aromatic rings. The molecule has 1 spiro atoms. The maximum atomic E-state index is 13.1. The van der Waals surface area contributed by atoms with E-state index in [4.69, 9.17) is 0 Å². The molecule has 2 N–H and O–H groups in total. The van der Waals surface area contributed by atoms with Crippen molar-refractivity contribution in [1.29, 1.82) is 0 Å². The molecule has 0 radical (unpaired) electrons. The van der Waals surface area contributed by atoms with E-state index < -0.39 is 5.66 Å². The molecule has 5 rings (SSSR count). The fourth-order valence-corrected chi connectivity index (χ4v) is 4.73. The van der Waals surface area contributed by atoms with Crippen LogP contribution in [0.1, 0.15) is 45.7 Å². The fraction of sp³-hybridized carbons (Fsp3) is 0.350. The van der Waals surface area contributed by atoms with E-state index in [1.165, 1.54) is 0 Å². The van der Waals surface area contributed by atoms with Crippen molar-refractivity contribution in [3.8, 4) is 0 Å². The molecule has 2 saturated heterocycles. The van der Waals surface area contributed by atoms with Crippen LogP contribution in [0.3, 0.4) is 0 Å². The standard InChI is InChI=1S/C20H20N4O2/c1-12-6-7-13(11-21-12)19(26)24-14-8-9-17(24)20(10-14)22-16-5-3-2-4-15(16)18(25)23-20/h2-7,11,14,17,22H,8-10H2,1H3,(H,23,25)/t14-,17-,20-/m0/s1. The predicted molar refractivity (Wildman–Crippen MR) is 96.8 cm³/mol. The lowest BCUT2D eigenvalue weighted by Gasteiger charge is -2.43. The highest BCUT2D eigenvalue weighted by Crippen LogP contribution is 2.47. The summed E-state index contributed by atoms with van der Waals surface area (Å²) in [7, 11) is 0. The number of pyridine rings is 1. The normalized spacial score (nSPS) is 28.7. The van der Waals surface area contributed by atoms with Crippen LogP contribution < -0.4 is 10.6 Å². The molecule has 6 heteroatoms. The first-order chi connectivity index (χ1) is 12.6. The van der Waals surface area contributed by atoms with Gasteiger partial charge in [-0.05, 0) is 44.0 Å². The number of hydrogen-bond acceptors (Lipinski definition) is 4. The first-order valence-electron chi connectivity index (χ1n) is 9.02. The van der Waals surface area contributed by atoms with E-state index in [-0.39, 0.29) is 23.9 Å². The Bertz CT molecular complexity index is 910. The fourth-order valence-electron chi connectivity index (χ4n) is 4.73. The lowest BCUT2D eigenvalue weighted by molar-refractivity contribution is 0.0691. The lowest BCUT2D eigenvalue weighted by atomic mass is 9.86. The van der Waals surface area contributed by atoms with E-state index in [0.717, 1.165) is 30.6 Å². The van der Waals surface area contributed by atoms with Gasteiger partial charge < -0.3 is 15.5 Å². The average Bonchev–Trinajstić information content (AvgIpc) is 3.17.